The third-order valence-corrected chi connectivity index (χ3v) is 5.25. The summed E-state index contributed by atoms with van der Waals surface area (Å²) in [5, 5.41) is 2.91. The molecule has 3 aliphatic rings. The Morgan fingerprint density at radius 1 is 1.23 bits per heavy atom. The molecule has 1 atom stereocenters. The number of benzene rings is 1. The number of nitrogens with zero attached hydrogens (tertiary/aromatic N) is 2. The van der Waals surface area contributed by atoms with E-state index in [-0.39, 0.29) is 11.9 Å². The Kier molecular flexibility index (Phi) is 3.01. The first-order valence-electron chi connectivity index (χ1n) is 8.01. The maximum atomic E-state index is 12.7. The summed E-state index contributed by atoms with van der Waals surface area (Å²) >= 11 is 0. The fraction of sp³-hybridized carbons (Fsp3) is 0.529. The highest BCUT2D eigenvalue weighted by Crippen LogP contribution is 2.42. The lowest BCUT2D eigenvalue weighted by atomic mass is 9.96. The van der Waals surface area contributed by atoms with E-state index in [1.54, 1.807) is 0 Å². The lowest BCUT2D eigenvalue weighted by Gasteiger charge is -2.31. The molecule has 0 spiro atoms. The fourth-order valence-electron chi connectivity index (χ4n) is 3.66. The smallest absolute Gasteiger partial charge is 0.323 e. The number of imide groups is 1. The van der Waals surface area contributed by atoms with Gasteiger partial charge in [-0.2, -0.15) is 0 Å². The lowest BCUT2D eigenvalue weighted by molar-refractivity contribution is -0.133. The van der Waals surface area contributed by atoms with Crippen LogP contribution < -0.4 is 5.32 Å². The molecule has 1 saturated heterocycles. The molecule has 1 unspecified atom stereocenters. The zero-order valence-corrected chi connectivity index (χ0v) is 12.8. The molecule has 1 N–H and O–H groups in total. The standard InChI is InChI=1S/C17H21N3O2/c1-17(14-6-7-14)15(21)20(16(22)18-17)11-19-9-8-12-4-2-3-5-13(12)10-19/h2-5,14H,6-11H2,1H3,(H,18,22). The Hall–Kier alpha value is -1.88. The van der Waals surface area contributed by atoms with Crippen molar-refractivity contribution in [3.8, 4) is 0 Å². The number of nitrogens with one attached hydrogen (secondary N) is 1. The largest absolute Gasteiger partial charge is 0.326 e. The number of hydrogen-bond acceptors (Lipinski definition) is 3. The molecule has 2 heterocycles. The topological polar surface area (TPSA) is 52.7 Å². The molecule has 4 rings (SSSR count). The average Bonchev–Trinajstić information content (AvgIpc) is 3.33. The number of carbonyl (C=O) groups is 2. The van der Waals surface area contributed by atoms with Gasteiger partial charge in [0.05, 0.1) is 6.67 Å². The van der Waals surface area contributed by atoms with Crippen molar-refractivity contribution in [3.63, 3.8) is 0 Å². The van der Waals surface area contributed by atoms with E-state index in [1.807, 2.05) is 13.0 Å². The Morgan fingerprint density at radius 3 is 2.68 bits per heavy atom. The van der Waals surface area contributed by atoms with Gasteiger partial charge in [0.1, 0.15) is 5.54 Å². The van der Waals surface area contributed by atoms with Crippen molar-refractivity contribution in [2.24, 2.45) is 5.92 Å². The van der Waals surface area contributed by atoms with Crippen molar-refractivity contribution in [1.82, 2.24) is 15.1 Å². The van der Waals surface area contributed by atoms with Gasteiger partial charge in [-0.15, -0.1) is 0 Å². The summed E-state index contributed by atoms with van der Waals surface area (Å²) in [5.41, 5.74) is 2.00. The molecular weight excluding hydrogens is 278 g/mol. The fourth-order valence-corrected chi connectivity index (χ4v) is 3.66. The van der Waals surface area contributed by atoms with Crippen molar-refractivity contribution in [2.45, 2.75) is 38.3 Å². The minimum atomic E-state index is -0.676. The molecule has 0 aromatic heterocycles. The van der Waals surface area contributed by atoms with Crippen LogP contribution in [0, 0.1) is 5.92 Å². The van der Waals surface area contributed by atoms with Crippen molar-refractivity contribution >= 4 is 11.9 Å². The Bertz CT molecular complexity index is 641. The van der Waals surface area contributed by atoms with Crippen LogP contribution in [0.15, 0.2) is 24.3 Å². The van der Waals surface area contributed by atoms with Gasteiger partial charge in [-0.05, 0) is 43.2 Å². The first-order chi connectivity index (χ1) is 10.6. The number of hydrogen-bond donors (Lipinski definition) is 1. The predicted octanol–water partition coefficient (Wildman–Crippen LogP) is 1.72. The van der Waals surface area contributed by atoms with Crippen LogP contribution in [0.4, 0.5) is 4.79 Å². The molecule has 0 radical (unpaired) electrons. The van der Waals surface area contributed by atoms with Crippen molar-refractivity contribution in [3.05, 3.63) is 35.4 Å². The molecule has 5 nitrogen and oxygen atoms in total. The summed E-state index contributed by atoms with van der Waals surface area (Å²) in [6.07, 6.45) is 3.04. The maximum absolute atomic E-state index is 12.7. The molecule has 116 valence electrons. The highest BCUT2D eigenvalue weighted by Gasteiger charge is 2.56. The van der Waals surface area contributed by atoms with E-state index in [9.17, 15) is 9.59 Å². The minimum absolute atomic E-state index is 0.0566. The second kappa shape index (κ2) is 4.81. The normalized spacial score (nSPS) is 28.7. The summed E-state index contributed by atoms with van der Waals surface area (Å²) in [4.78, 5) is 28.4. The Labute approximate surface area is 130 Å². The van der Waals surface area contributed by atoms with Crippen LogP contribution in [0.3, 0.4) is 0 Å². The van der Waals surface area contributed by atoms with Crippen LogP contribution in [0.1, 0.15) is 30.9 Å². The Balaban J connectivity index is 1.48. The number of rotatable bonds is 3. The second-order valence-electron chi connectivity index (χ2n) is 6.85. The van der Waals surface area contributed by atoms with Gasteiger partial charge in [-0.25, -0.2) is 9.69 Å². The van der Waals surface area contributed by atoms with Crippen LogP contribution in [-0.4, -0.2) is 40.5 Å². The Morgan fingerprint density at radius 2 is 1.95 bits per heavy atom. The first-order valence-corrected chi connectivity index (χ1v) is 8.01. The number of fused-ring (bicyclic) bond motifs is 1. The van der Waals surface area contributed by atoms with Gasteiger partial charge < -0.3 is 5.32 Å². The summed E-state index contributed by atoms with van der Waals surface area (Å²) in [5.74, 6) is 0.259. The minimum Gasteiger partial charge on any atom is -0.323 e. The zero-order chi connectivity index (χ0) is 15.3. The van der Waals surface area contributed by atoms with Crippen molar-refractivity contribution in [2.75, 3.05) is 13.2 Å². The summed E-state index contributed by atoms with van der Waals surface area (Å²) in [6.45, 7) is 3.94. The quantitative estimate of drug-likeness (QED) is 0.865. The lowest BCUT2D eigenvalue weighted by Crippen LogP contribution is -2.47. The third kappa shape index (κ3) is 2.11. The van der Waals surface area contributed by atoms with Crippen LogP contribution in [0.25, 0.3) is 0 Å². The number of carbonyl (C=O) groups excluding carboxylic acids is 2. The van der Waals surface area contributed by atoms with E-state index >= 15 is 0 Å². The van der Waals surface area contributed by atoms with Crippen LogP contribution in [0.2, 0.25) is 0 Å². The van der Waals surface area contributed by atoms with Crippen molar-refractivity contribution in [1.29, 1.82) is 0 Å². The molecular formula is C17H21N3O2. The molecule has 1 aromatic carbocycles. The van der Waals surface area contributed by atoms with E-state index in [0.29, 0.717) is 12.6 Å². The maximum Gasteiger partial charge on any atom is 0.326 e. The summed E-state index contributed by atoms with van der Waals surface area (Å²) < 4.78 is 0. The predicted molar refractivity (Wildman–Crippen MR) is 81.9 cm³/mol. The van der Waals surface area contributed by atoms with Gasteiger partial charge in [0, 0.05) is 13.1 Å². The van der Waals surface area contributed by atoms with Gasteiger partial charge in [0.2, 0.25) is 0 Å². The average molecular weight is 299 g/mol. The van der Waals surface area contributed by atoms with Gasteiger partial charge in [0.15, 0.2) is 0 Å². The van der Waals surface area contributed by atoms with E-state index in [2.05, 4.69) is 28.4 Å². The highest BCUT2D eigenvalue weighted by atomic mass is 16.2. The molecule has 0 bridgehead atoms. The van der Waals surface area contributed by atoms with E-state index in [0.717, 1.165) is 32.4 Å². The van der Waals surface area contributed by atoms with Crippen molar-refractivity contribution < 1.29 is 9.59 Å². The van der Waals surface area contributed by atoms with E-state index < -0.39 is 5.54 Å². The van der Waals surface area contributed by atoms with Gasteiger partial charge in [0.25, 0.3) is 5.91 Å². The summed E-state index contributed by atoms with van der Waals surface area (Å²) in [7, 11) is 0. The second-order valence-corrected chi connectivity index (χ2v) is 6.85. The zero-order valence-electron chi connectivity index (χ0n) is 12.8. The molecule has 2 fully saturated rings. The SMILES string of the molecule is CC1(C2CC2)NC(=O)N(CN2CCc3ccccc3C2)C1=O. The molecule has 5 heteroatoms. The number of urea groups is 1. The van der Waals surface area contributed by atoms with Crippen LogP contribution in [0.5, 0.6) is 0 Å². The monoisotopic (exact) mass is 299 g/mol. The molecule has 2 aliphatic heterocycles. The molecule has 1 saturated carbocycles. The molecule has 22 heavy (non-hydrogen) atoms. The third-order valence-electron chi connectivity index (χ3n) is 5.25. The van der Waals surface area contributed by atoms with E-state index in [4.69, 9.17) is 0 Å². The van der Waals surface area contributed by atoms with Gasteiger partial charge in [-0.3, -0.25) is 9.69 Å². The van der Waals surface area contributed by atoms with Crippen LogP contribution >= 0.6 is 0 Å². The number of amides is 3. The molecule has 3 amide bonds. The van der Waals surface area contributed by atoms with Gasteiger partial charge >= 0.3 is 6.03 Å². The van der Waals surface area contributed by atoms with Gasteiger partial charge in [-0.1, -0.05) is 24.3 Å². The highest BCUT2D eigenvalue weighted by molar-refractivity contribution is 6.07. The summed E-state index contributed by atoms with van der Waals surface area (Å²) in [6, 6.07) is 8.15. The first kappa shape index (κ1) is 13.8. The van der Waals surface area contributed by atoms with Crippen LogP contribution in [-0.2, 0) is 17.8 Å². The molecule has 1 aromatic rings. The van der Waals surface area contributed by atoms with E-state index in [1.165, 1.54) is 16.0 Å². The molecule has 1 aliphatic carbocycles.